The van der Waals surface area contributed by atoms with Gasteiger partial charge in [-0.25, -0.2) is 4.99 Å². The lowest BCUT2D eigenvalue weighted by atomic mass is 10.0. The third-order valence-electron chi connectivity index (χ3n) is 4.60. The van der Waals surface area contributed by atoms with Crippen LogP contribution in [0.4, 0.5) is 0 Å². The van der Waals surface area contributed by atoms with E-state index in [0.717, 1.165) is 37.8 Å². The second-order valence-electron chi connectivity index (χ2n) is 6.82. The van der Waals surface area contributed by atoms with Gasteiger partial charge in [0.1, 0.15) is 11.9 Å². The van der Waals surface area contributed by atoms with Crippen LogP contribution in [0.1, 0.15) is 31.7 Å². The van der Waals surface area contributed by atoms with E-state index in [2.05, 4.69) is 35.4 Å². The zero-order valence-electron chi connectivity index (χ0n) is 15.9. The number of para-hydroxylation sites is 1. The molecule has 0 spiro atoms. The minimum atomic E-state index is 0.0304. The molecule has 3 rings (SSSR count). The maximum Gasteiger partial charge on any atom is 0.194 e. The summed E-state index contributed by atoms with van der Waals surface area (Å²) in [7, 11) is 1.97. The molecular formula is C20H29N5O. The summed E-state index contributed by atoms with van der Waals surface area (Å²) in [6.07, 6.45) is 5.26. The summed E-state index contributed by atoms with van der Waals surface area (Å²) in [5.74, 6) is 2.38. The summed E-state index contributed by atoms with van der Waals surface area (Å²) in [6.45, 7) is 7.65. The monoisotopic (exact) mass is 355 g/mol. The Hall–Kier alpha value is -2.50. The van der Waals surface area contributed by atoms with Crippen molar-refractivity contribution in [2.75, 3.05) is 26.2 Å². The highest BCUT2D eigenvalue weighted by molar-refractivity contribution is 5.80. The molecule has 0 saturated carbocycles. The molecule has 140 valence electrons. The summed E-state index contributed by atoms with van der Waals surface area (Å²) in [4.78, 5) is 7.15. The molecule has 6 nitrogen and oxygen atoms in total. The maximum absolute atomic E-state index is 5.93. The van der Waals surface area contributed by atoms with Gasteiger partial charge in [-0.1, -0.05) is 18.2 Å². The van der Waals surface area contributed by atoms with Crippen molar-refractivity contribution in [3.63, 3.8) is 0 Å². The predicted octanol–water partition coefficient (Wildman–Crippen LogP) is 2.64. The van der Waals surface area contributed by atoms with E-state index in [1.165, 1.54) is 5.56 Å². The van der Waals surface area contributed by atoms with Gasteiger partial charge in [-0.3, -0.25) is 4.68 Å². The summed E-state index contributed by atoms with van der Waals surface area (Å²) in [5.41, 5.74) is 1.31. The molecule has 2 unspecified atom stereocenters. The second kappa shape index (κ2) is 8.74. The van der Waals surface area contributed by atoms with E-state index in [9.17, 15) is 0 Å². The Bertz CT molecular complexity index is 712. The van der Waals surface area contributed by atoms with Crippen molar-refractivity contribution in [2.24, 2.45) is 12.0 Å². The van der Waals surface area contributed by atoms with E-state index >= 15 is 0 Å². The number of aryl methyl sites for hydroxylation is 1. The van der Waals surface area contributed by atoms with Crippen LogP contribution in [0, 0.1) is 0 Å². The van der Waals surface area contributed by atoms with Gasteiger partial charge in [-0.05, 0) is 38.0 Å². The number of nitrogens with one attached hydrogen (secondary N) is 1. The molecule has 0 radical (unpaired) electrons. The van der Waals surface area contributed by atoms with Crippen LogP contribution in [-0.2, 0) is 7.05 Å². The van der Waals surface area contributed by atoms with Crippen LogP contribution in [0.15, 0.2) is 47.7 Å². The standard InChI is InChI=1S/C20H29N5O/c1-4-21-20(22-12-16(2)26-19-8-6-5-7-9-19)25-11-10-17(15-25)18-13-23-24(3)14-18/h5-9,13-14,16-17H,4,10-12,15H2,1-3H3,(H,21,22). The van der Waals surface area contributed by atoms with Crippen LogP contribution in [0.5, 0.6) is 5.75 Å². The van der Waals surface area contributed by atoms with Gasteiger partial charge in [-0.2, -0.15) is 5.10 Å². The van der Waals surface area contributed by atoms with Gasteiger partial charge >= 0.3 is 0 Å². The maximum atomic E-state index is 5.93. The highest BCUT2D eigenvalue weighted by Crippen LogP contribution is 2.26. The Morgan fingerprint density at radius 3 is 2.88 bits per heavy atom. The van der Waals surface area contributed by atoms with Gasteiger partial charge in [0.2, 0.25) is 0 Å². The number of likely N-dealkylation sites (tertiary alicyclic amines) is 1. The summed E-state index contributed by atoms with van der Waals surface area (Å²) in [6, 6.07) is 9.91. The topological polar surface area (TPSA) is 54.7 Å². The van der Waals surface area contributed by atoms with E-state index in [-0.39, 0.29) is 6.10 Å². The first-order valence-electron chi connectivity index (χ1n) is 9.39. The number of benzene rings is 1. The third-order valence-corrected chi connectivity index (χ3v) is 4.60. The van der Waals surface area contributed by atoms with Crippen molar-refractivity contribution in [2.45, 2.75) is 32.3 Å². The number of aliphatic imine (C=N–C) groups is 1. The molecule has 1 fully saturated rings. The second-order valence-corrected chi connectivity index (χ2v) is 6.82. The molecule has 1 aliphatic heterocycles. The lowest BCUT2D eigenvalue weighted by molar-refractivity contribution is 0.229. The predicted molar refractivity (Wildman–Crippen MR) is 105 cm³/mol. The number of nitrogens with zero attached hydrogens (tertiary/aromatic N) is 4. The molecule has 1 aromatic heterocycles. The molecule has 1 aliphatic rings. The lowest BCUT2D eigenvalue weighted by Gasteiger charge is -2.22. The van der Waals surface area contributed by atoms with Crippen LogP contribution in [0.25, 0.3) is 0 Å². The number of aromatic nitrogens is 2. The first kappa shape index (κ1) is 18.3. The highest BCUT2D eigenvalue weighted by Gasteiger charge is 2.27. The Morgan fingerprint density at radius 1 is 1.38 bits per heavy atom. The normalized spacial score (nSPS) is 18.8. The molecule has 1 aromatic carbocycles. The van der Waals surface area contributed by atoms with Crippen molar-refractivity contribution in [3.8, 4) is 5.75 Å². The SMILES string of the molecule is CCNC(=NCC(C)Oc1ccccc1)N1CCC(c2cnn(C)c2)C1. The summed E-state index contributed by atoms with van der Waals surface area (Å²) < 4.78 is 7.81. The zero-order valence-corrected chi connectivity index (χ0v) is 15.9. The van der Waals surface area contributed by atoms with Crippen LogP contribution >= 0.6 is 0 Å². The number of guanidine groups is 1. The first-order chi connectivity index (χ1) is 12.7. The molecule has 2 atom stereocenters. The van der Waals surface area contributed by atoms with Gasteiger partial charge in [0.25, 0.3) is 0 Å². The van der Waals surface area contributed by atoms with Crippen LogP contribution in [-0.4, -0.2) is 52.9 Å². The minimum Gasteiger partial charge on any atom is -0.489 e. The van der Waals surface area contributed by atoms with Crippen molar-refractivity contribution >= 4 is 5.96 Å². The summed E-state index contributed by atoms with van der Waals surface area (Å²) in [5, 5.41) is 7.72. The first-order valence-corrected chi connectivity index (χ1v) is 9.39. The number of rotatable bonds is 6. The van der Waals surface area contributed by atoms with Gasteiger partial charge in [-0.15, -0.1) is 0 Å². The Morgan fingerprint density at radius 2 is 2.19 bits per heavy atom. The zero-order chi connectivity index (χ0) is 18.4. The van der Waals surface area contributed by atoms with E-state index in [1.54, 1.807) is 0 Å². The average Bonchev–Trinajstić information content (AvgIpc) is 3.28. The third kappa shape index (κ3) is 4.77. The fraction of sp³-hybridized carbons (Fsp3) is 0.500. The van der Waals surface area contributed by atoms with Crippen molar-refractivity contribution in [1.29, 1.82) is 0 Å². The molecule has 2 aromatic rings. The lowest BCUT2D eigenvalue weighted by Crippen LogP contribution is -2.40. The molecule has 2 heterocycles. The fourth-order valence-corrected chi connectivity index (χ4v) is 3.29. The van der Waals surface area contributed by atoms with E-state index in [4.69, 9.17) is 9.73 Å². The van der Waals surface area contributed by atoms with Crippen molar-refractivity contribution in [1.82, 2.24) is 20.0 Å². The molecule has 6 heteroatoms. The molecular weight excluding hydrogens is 326 g/mol. The Labute approximate surface area is 155 Å². The Balaban J connectivity index is 1.58. The molecule has 0 bridgehead atoms. The summed E-state index contributed by atoms with van der Waals surface area (Å²) >= 11 is 0. The average molecular weight is 355 g/mol. The van der Waals surface area contributed by atoms with Gasteiger partial charge < -0.3 is 15.0 Å². The van der Waals surface area contributed by atoms with Gasteiger partial charge in [0, 0.05) is 38.8 Å². The highest BCUT2D eigenvalue weighted by atomic mass is 16.5. The van der Waals surface area contributed by atoms with Gasteiger partial charge in [0.05, 0.1) is 12.7 Å². The van der Waals surface area contributed by atoms with Crippen LogP contribution in [0.2, 0.25) is 0 Å². The number of hydrogen-bond donors (Lipinski definition) is 1. The quantitative estimate of drug-likeness (QED) is 0.639. The largest absolute Gasteiger partial charge is 0.489 e. The van der Waals surface area contributed by atoms with Crippen molar-refractivity contribution < 1.29 is 4.74 Å². The van der Waals surface area contributed by atoms with E-state index in [1.807, 2.05) is 48.3 Å². The smallest absolute Gasteiger partial charge is 0.194 e. The van der Waals surface area contributed by atoms with Crippen molar-refractivity contribution in [3.05, 3.63) is 48.3 Å². The fourth-order valence-electron chi connectivity index (χ4n) is 3.29. The van der Waals surface area contributed by atoms with E-state index < -0.39 is 0 Å². The molecule has 0 amide bonds. The van der Waals surface area contributed by atoms with Crippen LogP contribution < -0.4 is 10.1 Å². The molecule has 0 aliphatic carbocycles. The number of hydrogen-bond acceptors (Lipinski definition) is 3. The molecule has 1 N–H and O–H groups in total. The molecule has 26 heavy (non-hydrogen) atoms. The Kier molecular flexibility index (Phi) is 6.15. The molecule has 1 saturated heterocycles. The van der Waals surface area contributed by atoms with Crippen LogP contribution in [0.3, 0.4) is 0 Å². The van der Waals surface area contributed by atoms with E-state index in [0.29, 0.717) is 12.5 Å². The minimum absolute atomic E-state index is 0.0304. The van der Waals surface area contributed by atoms with Gasteiger partial charge in [0.15, 0.2) is 5.96 Å². The number of ether oxygens (including phenoxy) is 1.